The van der Waals surface area contributed by atoms with E-state index in [2.05, 4.69) is 5.32 Å². The maximum atomic E-state index is 12.1. The zero-order valence-corrected chi connectivity index (χ0v) is 11.8. The largest absolute Gasteiger partial charge is 0.486 e. The Morgan fingerprint density at radius 2 is 2.00 bits per heavy atom. The van der Waals surface area contributed by atoms with Gasteiger partial charge in [0.2, 0.25) is 0 Å². The fraction of sp³-hybridized carbons (Fsp3) is 0.235. The first-order valence-electron chi connectivity index (χ1n) is 6.96. The van der Waals surface area contributed by atoms with Crippen LogP contribution in [0.1, 0.15) is 15.9 Å². The van der Waals surface area contributed by atoms with Crippen LogP contribution in [-0.4, -0.2) is 25.2 Å². The molecule has 1 unspecified atom stereocenters. The number of benzene rings is 2. The fourth-order valence-corrected chi connectivity index (χ4v) is 2.26. The number of hydrogen-bond acceptors (Lipinski definition) is 3. The SMILES string of the molecule is Cc1cccc(C(=O)NCC2COc3ccccc3O2)c1. The summed E-state index contributed by atoms with van der Waals surface area (Å²) in [6, 6.07) is 15.0. The van der Waals surface area contributed by atoms with Crippen LogP contribution in [0, 0.1) is 6.92 Å². The Hall–Kier alpha value is -2.49. The lowest BCUT2D eigenvalue weighted by Crippen LogP contribution is -2.40. The van der Waals surface area contributed by atoms with Gasteiger partial charge in [0.1, 0.15) is 12.7 Å². The summed E-state index contributed by atoms with van der Waals surface area (Å²) in [6.07, 6.45) is -0.173. The van der Waals surface area contributed by atoms with Crippen molar-refractivity contribution in [1.82, 2.24) is 5.32 Å². The highest BCUT2D eigenvalue weighted by molar-refractivity contribution is 5.94. The van der Waals surface area contributed by atoms with Crippen LogP contribution in [-0.2, 0) is 0 Å². The van der Waals surface area contributed by atoms with E-state index in [1.54, 1.807) is 6.07 Å². The van der Waals surface area contributed by atoms with Gasteiger partial charge in [0.15, 0.2) is 11.5 Å². The number of ether oxygens (including phenoxy) is 2. The van der Waals surface area contributed by atoms with E-state index in [4.69, 9.17) is 9.47 Å². The Bertz CT molecular complexity index is 654. The minimum absolute atomic E-state index is 0.0961. The summed E-state index contributed by atoms with van der Waals surface area (Å²) in [5.41, 5.74) is 1.72. The Labute approximate surface area is 123 Å². The van der Waals surface area contributed by atoms with Crippen LogP contribution in [0.5, 0.6) is 11.5 Å². The molecule has 0 aromatic heterocycles. The van der Waals surface area contributed by atoms with E-state index >= 15 is 0 Å². The van der Waals surface area contributed by atoms with Crippen molar-refractivity contribution in [3.63, 3.8) is 0 Å². The lowest BCUT2D eigenvalue weighted by Gasteiger charge is -2.26. The van der Waals surface area contributed by atoms with E-state index in [0.717, 1.165) is 17.1 Å². The molecular weight excluding hydrogens is 266 g/mol. The van der Waals surface area contributed by atoms with Crippen LogP contribution < -0.4 is 14.8 Å². The van der Waals surface area contributed by atoms with Crippen molar-refractivity contribution < 1.29 is 14.3 Å². The van der Waals surface area contributed by atoms with Crippen molar-refractivity contribution in [2.45, 2.75) is 13.0 Å². The van der Waals surface area contributed by atoms with Gasteiger partial charge in [0.05, 0.1) is 6.54 Å². The third-order valence-corrected chi connectivity index (χ3v) is 3.34. The van der Waals surface area contributed by atoms with Crippen LogP contribution in [0.15, 0.2) is 48.5 Å². The molecule has 1 aliphatic heterocycles. The third-order valence-electron chi connectivity index (χ3n) is 3.34. The van der Waals surface area contributed by atoms with Gasteiger partial charge < -0.3 is 14.8 Å². The third kappa shape index (κ3) is 3.16. The van der Waals surface area contributed by atoms with Crippen LogP contribution in [0.3, 0.4) is 0 Å². The molecule has 4 nitrogen and oxygen atoms in total. The highest BCUT2D eigenvalue weighted by Crippen LogP contribution is 2.30. The number of aryl methyl sites for hydroxylation is 1. The summed E-state index contributed by atoms with van der Waals surface area (Å²) in [5.74, 6) is 1.37. The number of para-hydroxylation sites is 2. The maximum absolute atomic E-state index is 12.1. The molecule has 21 heavy (non-hydrogen) atoms. The van der Waals surface area contributed by atoms with Crippen LogP contribution in [0.4, 0.5) is 0 Å². The average molecular weight is 283 g/mol. The lowest BCUT2D eigenvalue weighted by molar-refractivity contribution is 0.0789. The van der Waals surface area contributed by atoms with E-state index < -0.39 is 0 Å². The number of carbonyl (C=O) groups excluding carboxylic acids is 1. The monoisotopic (exact) mass is 283 g/mol. The molecule has 0 aliphatic carbocycles. The number of fused-ring (bicyclic) bond motifs is 1. The molecule has 3 rings (SSSR count). The van der Waals surface area contributed by atoms with Gasteiger partial charge in [-0.1, -0.05) is 29.8 Å². The number of hydrogen-bond donors (Lipinski definition) is 1. The summed E-state index contributed by atoms with van der Waals surface area (Å²) in [7, 11) is 0. The van der Waals surface area contributed by atoms with Crippen LogP contribution >= 0.6 is 0 Å². The molecule has 0 saturated carbocycles. The van der Waals surface area contributed by atoms with Gasteiger partial charge in [-0.15, -0.1) is 0 Å². The maximum Gasteiger partial charge on any atom is 0.251 e. The van der Waals surface area contributed by atoms with E-state index in [1.165, 1.54) is 0 Å². The van der Waals surface area contributed by atoms with Crippen molar-refractivity contribution >= 4 is 5.91 Å². The van der Waals surface area contributed by atoms with Gasteiger partial charge in [-0.25, -0.2) is 0 Å². The van der Waals surface area contributed by atoms with E-state index in [0.29, 0.717) is 18.7 Å². The van der Waals surface area contributed by atoms with E-state index in [-0.39, 0.29) is 12.0 Å². The molecular formula is C17H17NO3. The molecule has 0 spiro atoms. The first kappa shape index (κ1) is 13.5. The Kier molecular flexibility index (Phi) is 3.77. The van der Waals surface area contributed by atoms with Gasteiger partial charge >= 0.3 is 0 Å². The number of amides is 1. The first-order valence-corrected chi connectivity index (χ1v) is 6.96. The molecule has 0 saturated heterocycles. The molecule has 0 bridgehead atoms. The molecule has 1 heterocycles. The normalized spacial score (nSPS) is 16.3. The van der Waals surface area contributed by atoms with Gasteiger partial charge in [-0.05, 0) is 31.2 Å². The fourth-order valence-electron chi connectivity index (χ4n) is 2.26. The van der Waals surface area contributed by atoms with Gasteiger partial charge in [0.25, 0.3) is 5.91 Å². The van der Waals surface area contributed by atoms with Crippen molar-refractivity contribution in [3.05, 3.63) is 59.7 Å². The molecule has 108 valence electrons. The molecule has 1 aliphatic rings. The molecule has 1 atom stereocenters. The zero-order valence-electron chi connectivity index (χ0n) is 11.8. The lowest BCUT2D eigenvalue weighted by atomic mass is 10.1. The van der Waals surface area contributed by atoms with Crippen molar-refractivity contribution in [2.24, 2.45) is 0 Å². The molecule has 0 radical (unpaired) electrons. The Morgan fingerprint density at radius 3 is 2.81 bits per heavy atom. The summed E-state index contributed by atoms with van der Waals surface area (Å²) < 4.78 is 11.4. The molecule has 1 N–H and O–H groups in total. The van der Waals surface area contributed by atoms with E-state index in [9.17, 15) is 4.79 Å². The van der Waals surface area contributed by atoms with Crippen molar-refractivity contribution in [2.75, 3.05) is 13.2 Å². The minimum Gasteiger partial charge on any atom is -0.486 e. The standard InChI is InChI=1S/C17H17NO3/c1-12-5-4-6-13(9-12)17(19)18-10-14-11-20-15-7-2-3-8-16(15)21-14/h2-9,14H,10-11H2,1H3,(H,18,19). The first-order chi connectivity index (χ1) is 10.2. The Morgan fingerprint density at radius 1 is 1.19 bits per heavy atom. The zero-order chi connectivity index (χ0) is 14.7. The molecule has 2 aromatic carbocycles. The van der Waals surface area contributed by atoms with Gasteiger partial charge in [-0.2, -0.15) is 0 Å². The second kappa shape index (κ2) is 5.87. The number of carbonyl (C=O) groups is 1. The topological polar surface area (TPSA) is 47.6 Å². The summed E-state index contributed by atoms with van der Waals surface area (Å²) in [4.78, 5) is 12.1. The summed E-state index contributed by atoms with van der Waals surface area (Å²) >= 11 is 0. The molecule has 2 aromatic rings. The van der Waals surface area contributed by atoms with Gasteiger partial charge in [-0.3, -0.25) is 4.79 Å². The number of nitrogens with one attached hydrogen (secondary N) is 1. The number of rotatable bonds is 3. The molecule has 1 amide bonds. The predicted molar refractivity (Wildman–Crippen MR) is 79.9 cm³/mol. The average Bonchev–Trinajstić information content (AvgIpc) is 2.52. The second-order valence-corrected chi connectivity index (χ2v) is 5.08. The van der Waals surface area contributed by atoms with E-state index in [1.807, 2.05) is 49.4 Å². The minimum atomic E-state index is -0.173. The molecule has 0 fully saturated rings. The molecule has 4 heteroatoms. The quantitative estimate of drug-likeness (QED) is 0.941. The highest BCUT2D eigenvalue weighted by atomic mass is 16.6. The highest BCUT2D eigenvalue weighted by Gasteiger charge is 2.21. The van der Waals surface area contributed by atoms with Crippen molar-refractivity contribution in [3.8, 4) is 11.5 Å². The summed E-state index contributed by atoms with van der Waals surface area (Å²) in [6.45, 7) is 2.82. The smallest absolute Gasteiger partial charge is 0.251 e. The van der Waals surface area contributed by atoms with Crippen molar-refractivity contribution in [1.29, 1.82) is 0 Å². The van der Waals surface area contributed by atoms with Crippen LogP contribution in [0.2, 0.25) is 0 Å². The van der Waals surface area contributed by atoms with Crippen LogP contribution in [0.25, 0.3) is 0 Å². The van der Waals surface area contributed by atoms with Gasteiger partial charge in [0, 0.05) is 5.56 Å². The summed E-state index contributed by atoms with van der Waals surface area (Å²) in [5, 5.41) is 2.88. The predicted octanol–water partition coefficient (Wildman–Crippen LogP) is 2.56. The Balaban J connectivity index is 1.58. The second-order valence-electron chi connectivity index (χ2n) is 5.08.